The molecule has 1 fully saturated rings. The van der Waals surface area contributed by atoms with Crippen LogP contribution in [0, 0.1) is 5.92 Å². The Kier molecular flexibility index (Phi) is 6.81. The number of nitrogens with one attached hydrogen (secondary N) is 2. The lowest BCUT2D eigenvalue weighted by atomic mass is 9.87. The molecule has 2 aromatic heterocycles. The van der Waals surface area contributed by atoms with Gasteiger partial charge < -0.3 is 10.3 Å². The van der Waals surface area contributed by atoms with Gasteiger partial charge in [0.05, 0.1) is 33.9 Å². The normalized spacial score (nSPS) is 15.3. The van der Waals surface area contributed by atoms with Gasteiger partial charge in [-0.1, -0.05) is 49.4 Å². The Morgan fingerprint density at radius 1 is 1.11 bits per heavy atom. The molecule has 0 aliphatic heterocycles. The van der Waals surface area contributed by atoms with Gasteiger partial charge >= 0.3 is 0 Å². The average Bonchev–Trinajstić information content (AvgIpc) is 3.53. The van der Waals surface area contributed by atoms with Gasteiger partial charge in [-0.05, 0) is 48.2 Å². The van der Waals surface area contributed by atoms with E-state index in [1.54, 1.807) is 24.5 Å². The van der Waals surface area contributed by atoms with Crippen molar-refractivity contribution in [3.63, 3.8) is 0 Å². The highest BCUT2D eigenvalue weighted by Crippen LogP contribution is 2.36. The SMILES string of the molecule is CS(=O)(=O)c1ccc([C@@H](CC2CCCC2)C(=O)Nc2cnc(-c3ccc4[nH]ccc4c3)cn2)cc1Cl. The number of aromatic amines is 1. The number of fused-ring (bicyclic) bond motifs is 1. The van der Waals surface area contributed by atoms with Crippen LogP contribution in [0.25, 0.3) is 22.2 Å². The van der Waals surface area contributed by atoms with Gasteiger partial charge in [-0.3, -0.25) is 9.78 Å². The fourth-order valence-electron chi connectivity index (χ4n) is 4.98. The van der Waals surface area contributed by atoms with Crippen LogP contribution in [0.15, 0.2) is 66.0 Å². The highest BCUT2D eigenvalue weighted by atomic mass is 35.5. The molecule has 4 aromatic rings. The van der Waals surface area contributed by atoms with Gasteiger partial charge in [0.15, 0.2) is 15.7 Å². The van der Waals surface area contributed by atoms with Crippen LogP contribution in [0.2, 0.25) is 5.02 Å². The van der Waals surface area contributed by atoms with E-state index in [-0.39, 0.29) is 15.8 Å². The minimum atomic E-state index is -3.46. The maximum Gasteiger partial charge on any atom is 0.233 e. The summed E-state index contributed by atoms with van der Waals surface area (Å²) in [6.07, 6.45) is 11.4. The summed E-state index contributed by atoms with van der Waals surface area (Å²) in [5.41, 5.74) is 3.39. The number of benzene rings is 2. The van der Waals surface area contributed by atoms with Crippen LogP contribution in [0.3, 0.4) is 0 Å². The minimum absolute atomic E-state index is 0.0622. The second kappa shape index (κ2) is 10.0. The molecule has 1 aliphatic carbocycles. The molecule has 2 aromatic carbocycles. The Hall–Kier alpha value is -3.23. The molecule has 0 unspecified atom stereocenters. The number of carbonyl (C=O) groups excluding carboxylic acids is 1. The first-order valence-electron chi connectivity index (χ1n) is 12.0. The third-order valence-corrected chi connectivity index (χ3v) is 8.45. The molecule has 1 atom stereocenters. The maximum atomic E-state index is 13.4. The molecular formula is C27H27ClN4O3S. The summed E-state index contributed by atoms with van der Waals surface area (Å²) >= 11 is 6.31. The van der Waals surface area contributed by atoms with Gasteiger partial charge in [-0.15, -0.1) is 0 Å². The second-order valence-electron chi connectivity index (χ2n) is 9.46. The Balaban J connectivity index is 1.37. The van der Waals surface area contributed by atoms with Crippen molar-refractivity contribution in [1.29, 1.82) is 0 Å². The number of aromatic nitrogens is 3. The predicted octanol–water partition coefficient (Wildman–Crippen LogP) is 5.98. The molecular weight excluding hydrogens is 496 g/mol. The highest BCUT2D eigenvalue weighted by molar-refractivity contribution is 7.90. The molecule has 1 saturated carbocycles. The van der Waals surface area contributed by atoms with E-state index in [4.69, 9.17) is 11.6 Å². The number of carbonyl (C=O) groups is 1. The van der Waals surface area contributed by atoms with E-state index in [1.807, 2.05) is 30.5 Å². The monoisotopic (exact) mass is 522 g/mol. The number of anilines is 1. The van der Waals surface area contributed by atoms with Gasteiger partial charge in [0, 0.05) is 28.9 Å². The molecule has 2 N–H and O–H groups in total. The van der Waals surface area contributed by atoms with Crippen LogP contribution in [0.4, 0.5) is 5.82 Å². The van der Waals surface area contributed by atoms with E-state index in [2.05, 4.69) is 20.3 Å². The number of rotatable bonds is 7. The van der Waals surface area contributed by atoms with Crippen molar-refractivity contribution in [2.45, 2.75) is 42.9 Å². The predicted molar refractivity (Wildman–Crippen MR) is 142 cm³/mol. The molecule has 9 heteroatoms. The molecule has 0 spiro atoms. The molecule has 7 nitrogen and oxygen atoms in total. The first-order valence-corrected chi connectivity index (χ1v) is 14.2. The lowest BCUT2D eigenvalue weighted by molar-refractivity contribution is -0.118. The molecule has 1 aliphatic rings. The van der Waals surface area contributed by atoms with Gasteiger partial charge in [-0.2, -0.15) is 0 Å². The molecule has 5 rings (SSSR count). The van der Waals surface area contributed by atoms with E-state index in [9.17, 15) is 13.2 Å². The largest absolute Gasteiger partial charge is 0.361 e. The van der Waals surface area contributed by atoms with Gasteiger partial charge in [-0.25, -0.2) is 13.4 Å². The van der Waals surface area contributed by atoms with Crippen LogP contribution in [-0.4, -0.2) is 35.5 Å². The van der Waals surface area contributed by atoms with Gasteiger partial charge in [0.1, 0.15) is 0 Å². The number of H-pyrrole nitrogens is 1. The number of sulfone groups is 1. The lowest BCUT2D eigenvalue weighted by Gasteiger charge is -2.21. The van der Waals surface area contributed by atoms with E-state index in [1.165, 1.54) is 6.07 Å². The molecule has 0 radical (unpaired) electrons. The van der Waals surface area contributed by atoms with Crippen molar-refractivity contribution in [1.82, 2.24) is 15.0 Å². The topological polar surface area (TPSA) is 105 Å². The molecule has 186 valence electrons. The summed E-state index contributed by atoms with van der Waals surface area (Å²) in [6.45, 7) is 0. The van der Waals surface area contributed by atoms with Gasteiger partial charge in [0.2, 0.25) is 5.91 Å². The van der Waals surface area contributed by atoms with Crippen LogP contribution in [0.5, 0.6) is 0 Å². The summed E-state index contributed by atoms with van der Waals surface area (Å²) in [5, 5.41) is 4.12. The summed E-state index contributed by atoms with van der Waals surface area (Å²) in [5.74, 6) is 0.116. The Bertz CT molecular complexity index is 1510. The van der Waals surface area contributed by atoms with E-state index >= 15 is 0 Å². The zero-order valence-electron chi connectivity index (χ0n) is 19.9. The summed E-state index contributed by atoms with van der Waals surface area (Å²) in [4.78, 5) is 25.6. The fourth-order valence-corrected chi connectivity index (χ4v) is 6.31. The fraction of sp³-hybridized carbons (Fsp3) is 0.296. The number of amides is 1. The van der Waals surface area contributed by atoms with Crippen molar-refractivity contribution >= 4 is 44.1 Å². The van der Waals surface area contributed by atoms with Crippen molar-refractivity contribution in [2.75, 3.05) is 11.6 Å². The zero-order chi connectivity index (χ0) is 25.3. The molecule has 0 bridgehead atoms. The van der Waals surface area contributed by atoms with Crippen LogP contribution in [0.1, 0.15) is 43.6 Å². The summed E-state index contributed by atoms with van der Waals surface area (Å²) in [7, 11) is -3.46. The number of nitrogens with zero attached hydrogens (tertiary/aromatic N) is 2. The Morgan fingerprint density at radius 2 is 1.92 bits per heavy atom. The standard InChI is InChI=1S/C27H27ClN4O3S/c1-36(34,35)25-9-7-18(14-22(25)28)21(12-17-4-2-3-5-17)27(33)32-26-16-30-24(15-31-26)19-6-8-23-20(13-19)10-11-29-23/h6-11,13-17,21,29H,2-5,12H2,1H3,(H,31,32,33)/t21-/m1/s1. The lowest BCUT2D eigenvalue weighted by Crippen LogP contribution is -2.24. The number of halogens is 1. The molecule has 0 saturated heterocycles. The van der Waals surface area contributed by atoms with Gasteiger partial charge in [0.25, 0.3) is 0 Å². The maximum absolute atomic E-state index is 13.4. The quantitative estimate of drug-likeness (QED) is 0.310. The third kappa shape index (κ3) is 5.29. The van der Waals surface area contributed by atoms with Crippen molar-refractivity contribution in [2.24, 2.45) is 5.92 Å². The number of hydrogen-bond acceptors (Lipinski definition) is 5. The van der Waals surface area contributed by atoms with E-state index < -0.39 is 15.8 Å². The Morgan fingerprint density at radius 3 is 2.61 bits per heavy atom. The molecule has 2 heterocycles. The van der Waals surface area contributed by atoms with Crippen molar-refractivity contribution in [3.05, 3.63) is 71.6 Å². The molecule has 1 amide bonds. The highest BCUT2D eigenvalue weighted by Gasteiger charge is 2.28. The number of hydrogen-bond donors (Lipinski definition) is 2. The second-order valence-corrected chi connectivity index (χ2v) is 11.8. The first-order chi connectivity index (χ1) is 17.3. The van der Waals surface area contributed by atoms with E-state index in [0.29, 0.717) is 29.4 Å². The first kappa shape index (κ1) is 24.5. The minimum Gasteiger partial charge on any atom is -0.361 e. The average molecular weight is 523 g/mol. The van der Waals surface area contributed by atoms with Crippen LogP contribution < -0.4 is 5.32 Å². The molecule has 36 heavy (non-hydrogen) atoms. The van der Waals surface area contributed by atoms with Crippen LogP contribution in [-0.2, 0) is 14.6 Å². The zero-order valence-corrected chi connectivity index (χ0v) is 21.4. The third-order valence-electron chi connectivity index (χ3n) is 6.87. The Labute approximate surface area is 215 Å². The van der Waals surface area contributed by atoms with Crippen molar-refractivity contribution in [3.8, 4) is 11.3 Å². The van der Waals surface area contributed by atoms with Crippen molar-refractivity contribution < 1.29 is 13.2 Å². The summed E-state index contributed by atoms with van der Waals surface area (Å²) < 4.78 is 24.0. The summed E-state index contributed by atoms with van der Waals surface area (Å²) in [6, 6.07) is 12.8. The smallest absolute Gasteiger partial charge is 0.233 e. The van der Waals surface area contributed by atoms with E-state index in [0.717, 1.165) is 48.4 Å². The van der Waals surface area contributed by atoms with Crippen LogP contribution >= 0.6 is 11.6 Å².